The van der Waals surface area contributed by atoms with Crippen LogP contribution in [0.5, 0.6) is 0 Å². The Hall–Kier alpha value is -2.06. The number of Topliss-reactive ketones (excluding diaryl/α,β-unsaturated/α-hetero) is 2. The number of allylic oxidation sites excluding steroid dienone is 2. The molecule has 0 aromatic rings. The maximum absolute atomic E-state index is 12.3. The molecule has 1 aliphatic carbocycles. The molecule has 8 nitrogen and oxygen atoms in total. The third-order valence-corrected chi connectivity index (χ3v) is 3.93. The van der Waals surface area contributed by atoms with E-state index in [0.29, 0.717) is 12.8 Å². The quantitative estimate of drug-likeness (QED) is 0.473. The van der Waals surface area contributed by atoms with Gasteiger partial charge in [0.05, 0.1) is 13.2 Å². The molecule has 0 fully saturated rings. The molecule has 0 atom stereocenters. The standard InChI is InChI=1S/C16H20Cl2N2O6/c1-3-5-7-25-15(23)19-11-9(17)14(22)12(10(18)13(11)21)20-16(24)26-8-6-4-2/h3-8H2,1-2H3,(H,19,23)(H,20,24). The maximum Gasteiger partial charge on any atom is 0.411 e. The molecule has 0 heterocycles. The molecule has 1 rings (SSSR count). The minimum absolute atomic E-state index is 0.148. The van der Waals surface area contributed by atoms with Crippen LogP contribution in [0, 0.1) is 0 Å². The zero-order valence-electron chi connectivity index (χ0n) is 14.4. The molecule has 26 heavy (non-hydrogen) atoms. The summed E-state index contributed by atoms with van der Waals surface area (Å²) in [5.41, 5.74) is -1.01. The lowest BCUT2D eigenvalue weighted by molar-refractivity contribution is -0.116. The van der Waals surface area contributed by atoms with E-state index in [1.165, 1.54) is 0 Å². The van der Waals surface area contributed by atoms with Crippen LogP contribution in [0.1, 0.15) is 39.5 Å². The fourth-order valence-electron chi connectivity index (χ4n) is 1.76. The van der Waals surface area contributed by atoms with Crippen molar-refractivity contribution in [3.63, 3.8) is 0 Å². The van der Waals surface area contributed by atoms with Crippen LogP contribution in [0.2, 0.25) is 0 Å². The molecule has 0 spiro atoms. The van der Waals surface area contributed by atoms with Crippen molar-refractivity contribution < 1.29 is 28.7 Å². The van der Waals surface area contributed by atoms with Gasteiger partial charge in [-0.2, -0.15) is 0 Å². The van der Waals surface area contributed by atoms with Crippen LogP contribution in [-0.2, 0) is 19.1 Å². The largest absolute Gasteiger partial charge is 0.449 e. The van der Waals surface area contributed by atoms with Crippen molar-refractivity contribution in [2.45, 2.75) is 39.5 Å². The first-order chi connectivity index (χ1) is 12.3. The zero-order chi connectivity index (χ0) is 19.7. The first-order valence-corrected chi connectivity index (χ1v) is 8.85. The van der Waals surface area contributed by atoms with Crippen molar-refractivity contribution in [3.05, 3.63) is 21.5 Å². The van der Waals surface area contributed by atoms with Gasteiger partial charge in [0.25, 0.3) is 0 Å². The molecular formula is C16H20Cl2N2O6. The predicted octanol–water partition coefficient (Wildman–Crippen LogP) is 3.09. The first kappa shape index (κ1) is 22.0. The Kier molecular flexibility index (Phi) is 9.15. The highest BCUT2D eigenvalue weighted by Gasteiger charge is 2.35. The summed E-state index contributed by atoms with van der Waals surface area (Å²) in [7, 11) is 0. The predicted molar refractivity (Wildman–Crippen MR) is 94.6 cm³/mol. The number of alkyl carbamates (subject to hydrolysis) is 2. The van der Waals surface area contributed by atoms with Gasteiger partial charge in [-0.25, -0.2) is 9.59 Å². The Morgan fingerprint density at radius 1 is 0.808 bits per heavy atom. The minimum atomic E-state index is -0.937. The summed E-state index contributed by atoms with van der Waals surface area (Å²) in [6.45, 7) is 4.12. The lowest BCUT2D eigenvalue weighted by atomic mass is 10.1. The van der Waals surface area contributed by atoms with Gasteiger partial charge in [-0.15, -0.1) is 0 Å². The second-order valence-corrected chi connectivity index (χ2v) is 6.02. The monoisotopic (exact) mass is 406 g/mol. The molecule has 2 amide bonds. The Morgan fingerprint density at radius 2 is 1.15 bits per heavy atom. The van der Waals surface area contributed by atoms with Crippen molar-refractivity contribution in [1.82, 2.24) is 10.6 Å². The second kappa shape index (κ2) is 10.8. The van der Waals surface area contributed by atoms with Gasteiger partial charge in [0, 0.05) is 0 Å². The number of ether oxygens (including phenoxy) is 2. The smallest absolute Gasteiger partial charge is 0.411 e. The van der Waals surface area contributed by atoms with E-state index in [0.717, 1.165) is 12.8 Å². The Balaban J connectivity index is 2.82. The topological polar surface area (TPSA) is 111 Å². The molecule has 0 unspecified atom stereocenters. The fraction of sp³-hybridized carbons (Fsp3) is 0.500. The highest BCUT2D eigenvalue weighted by molar-refractivity contribution is 6.56. The average molecular weight is 407 g/mol. The average Bonchev–Trinajstić information content (AvgIpc) is 2.61. The van der Waals surface area contributed by atoms with Crippen molar-refractivity contribution in [1.29, 1.82) is 0 Å². The van der Waals surface area contributed by atoms with E-state index in [9.17, 15) is 19.2 Å². The van der Waals surface area contributed by atoms with Gasteiger partial charge in [0.1, 0.15) is 21.5 Å². The molecule has 1 aliphatic rings. The minimum Gasteiger partial charge on any atom is -0.449 e. The maximum atomic E-state index is 12.3. The van der Waals surface area contributed by atoms with E-state index in [-0.39, 0.29) is 13.2 Å². The van der Waals surface area contributed by atoms with Crippen LogP contribution in [0.4, 0.5) is 9.59 Å². The first-order valence-electron chi connectivity index (χ1n) is 8.09. The SMILES string of the molecule is CCCCOC(=O)NC1=C(Cl)C(=O)C(NC(=O)OCCCC)=C(Cl)C1=O. The molecule has 0 aliphatic heterocycles. The van der Waals surface area contributed by atoms with Gasteiger partial charge < -0.3 is 9.47 Å². The number of carbonyl (C=O) groups excluding carboxylic acids is 4. The summed E-state index contributed by atoms with van der Waals surface area (Å²) >= 11 is 11.7. The third-order valence-electron chi connectivity index (χ3n) is 3.21. The Labute approximate surface area is 160 Å². The van der Waals surface area contributed by atoms with Crippen LogP contribution in [0.15, 0.2) is 21.5 Å². The number of hydrogen-bond donors (Lipinski definition) is 2. The molecule has 10 heteroatoms. The van der Waals surface area contributed by atoms with Crippen LogP contribution in [-0.4, -0.2) is 37.0 Å². The van der Waals surface area contributed by atoms with E-state index < -0.39 is 45.2 Å². The molecule has 0 bridgehead atoms. The van der Waals surface area contributed by atoms with Crippen LogP contribution >= 0.6 is 23.2 Å². The van der Waals surface area contributed by atoms with Crippen LogP contribution in [0.3, 0.4) is 0 Å². The number of halogens is 2. The molecule has 0 aromatic carbocycles. The summed E-state index contributed by atoms with van der Waals surface area (Å²) in [6, 6.07) is 0. The number of carbonyl (C=O) groups is 4. The number of unbranched alkanes of at least 4 members (excludes halogenated alkanes) is 2. The van der Waals surface area contributed by atoms with Gasteiger partial charge in [0.2, 0.25) is 11.6 Å². The fourth-order valence-corrected chi connectivity index (χ4v) is 2.22. The normalized spacial score (nSPS) is 14.5. The van der Waals surface area contributed by atoms with Crippen LogP contribution in [0.25, 0.3) is 0 Å². The molecule has 0 aromatic heterocycles. The summed E-state index contributed by atoms with van der Waals surface area (Å²) in [5, 5.41) is 3.04. The Morgan fingerprint density at radius 3 is 1.46 bits per heavy atom. The van der Waals surface area contributed by atoms with Gasteiger partial charge in [0.15, 0.2) is 0 Å². The number of ketones is 2. The third kappa shape index (κ3) is 6.03. The highest BCUT2D eigenvalue weighted by atomic mass is 35.5. The van der Waals surface area contributed by atoms with Crippen molar-refractivity contribution in [2.75, 3.05) is 13.2 Å². The van der Waals surface area contributed by atoms with E-state index in [1.807, 2.05) is 13.8 Å². The molecule has 144 valence electrons. The van der Waals surface area contributed by atoms with E-state index in [4.69, 9.17) is 32.7 Å². The highest BCUT2D eigenvalue weighted by Crippen LogP contribution is 2.27. The lowest BCUT2D eigenvalue weighted by Gasteiger charge is -2.18. The molecular weight excluding hydrogens is 387 g/mol. The zero-order valence-corrected chi connectivity index (χ0v) is 16.0. The number of hydrogen-bond acceptors (Lipinski definition) is 6. The molecule has 2 N–H and O–H groups in total. The summed E-state index contributed by atoms with van der Waals surface area (Å²) in [6.07, 6.45) is 1.03. The van der Waals surface area contributed by atoms with Gasteiger partial charge >= 0.3 is 12.2 Å². The van der Waals surface area contributed by atoms with E-state index in [2.05, 4.69) is 10.6 Å². The lowest BCUT2D eigenvalue weighted by Crippen LogP contribution is -2.38. The van der Waals surface area contributed by atoms with E-state index in [1.54, 1.807) is 0 Å². The van der Waals surface area contributed by atoms with Gasteiger partial charge in [-0.3, -0.25) is 20.2 Å². The van der Waals surface area contributed by atoms with Crippen molar-refractivity contribution >= 4 is 47.0 Å². The van der Waals surface area contributed by atoms with Crippen molar-refractivity contribution in [3.8, 4) is 0 Å². The summed E-state index contributed by atoms with van der Waals surface area (Å²) < 4.78 is 9.69. The second-order valence-electron chi connectivity index (χ2n) is 5.27. The molecule has 0 saturated carbocycles. The number of rotatable bonds is 8. The van der Waals surface area contributed by atoms with Crippen LogP contribution < -0.4 is 10.6 Å². The van der Waals surface area contributed by atoms with Gasteiger partial charge in [-0.1, -0.05) is 49.9 Å². The van der Waals surface area contributed by atoms with Gasteiger partial charge in [-0.05, 0) is 12.8 Å². The summed E-state index contributed by atoms with van der Waals surface area (Å²) in [5.74, 6) is -1.85. The van der Waals surface area contributed by atoms with Crippen molar-refractivity contribution in [2.24, 2.45) is 0 Å². The summed E-state index contributed by atoms with van der Waals surface area (Å²) in [4.78, 5) is 47.8. The molecule has 0 saturated heterocycles. The Bertz CT molecular complexity index is 601. The number of nitrogens with one attached hydrogen (secondary N) is 2. The number of amides is 2. The molecule has 0 radical (unpaired) electrons. The van der Waals surface area contributed by atoms with E-state index >= 15 is 0 Å².